The first kappa shape index (κ1) is 24.7. The summed E-state index contributed by atoms with van der Waals surface area (Å²) in [6.45, 7) is 12.4. The van der Waals surface area contributed by atoms with Gasteiger partial charge < -0.3 is 9.47 Å². The van der Waals surface area contributed by atoms with Crippen LogP contribution in [0.25, 0.3) is 0 Å². The van der Waals surface area contributed by atoms with Crippen LogP contribution in [0.4, 0.5) is 0 Å². The Morgan fingerprint density at radius 3 is 2.18 bits per heavy atom. The molecule has 5 heteroatoms. The van der Waals surface area contributed by atoms with Gasteiger partial charge in [0.15, 0.2) is 0 Å². The van der Waals surface area contributed by atoms with Gasteiger partial charge in [0.25, 0.3) is 0 Å². The molecule has 33 heavy (non-hydrogen) atoms. The summed E-state index contributed by atoms with van der Waals surface area (Å²) in [5, 5.41) is 0. The summed E-state index contributed by atoms with van der Waals surface area (Å²) in [6, 6.07) is 0. The third kappa shape index (κ3) is 4.89. The number of rotatable bonds is 7. The molecular weight excluding hydrogens is 416 g/mol. The van der Waals surface area contributed by atoms with Crippen LogP contribution in [-0.2, 0) is 23.9 Å². The van der Waals surface area contributed by atoms with E-state index in [2.05, 4.69) is 13.8 Å². The quantitative estimate of drug-likeness (QED) is 0.425. The van der Waals surface area contributed by atoms with Crippen LogP contribution in [0.15, 0.2) is 0 Å². The number of Topliss-reactive ketones (excluding diaryl/α,β-unsaturated/α-hetero) is 1. The highest BCUT2D eigenvalue weighted by atomic mass is 16.6. The summed E-state index contributed by atoms with van der Waals surface area (Å²) in [5.74, 6) is 0.345. The zero-order valence-corrected chi connectivity index (χ0v) is 21.7. The van der Waals surface area contributed by atoms with Crippen molar-refractivity contribution in [1.29, 1.82) is 0 Å². The van der Waals surface area contributed by atoms with Crippen molar-refractivity contribution >= 4 is 17.7 Å². The molecule has 5 aliphatic carbocycles. The Morgan fingerprint density at radius 2 is 1.64 bits per heavy atom. The van der Waals surface area contributed by atoms with Gasteiger partial charge in [-0.25, -0.2) is 0 Å². The van der Waals surface area contributed by atoms with Crippen molar-refractivity contribution < 1.29 is 23.9 Å². The predicted molar refractivity (Wildman–Crippen MR) is 126 cm³/mol. The molecular formula is C28H44O5. The lowest BCUT2D eigenvalue weighted by Crippen LogP contribution is -2.60. The molecule has 5 saturated carbocycles. The van der Waals surface area contributed by atoms with E-state index < -0.39 is 10.8 Å². The summed E-state index contributed by atoms with van der Waals surface area (Å²) in [7, 11) is 0. The van der Waals surface area contributed by atoms with Crippen LogP contribution in [0, 0.1) is 27.6 Å². The van der Waals surface area contributed by atoms with Gasteiger partial charge in [0.1, 0.15) is 17.5 Å². The first-order valence-electron chi connectivity index (χ1n) is 13.2. The molecule has 0 spiro atoms. The van der Waals surface area contributed by atoms with Crippen LogP contribution in [0.5, 0.6) is 0 Å². The largest absolute Gasteiger partial charge is 0.461 e. The van der Waals surface area contributed by atoms with E-state index in [9.17, 15) is 14.4 Å². The van der Waals surface area contributed by atoms with Gasteiger partial charge in [0.2, 0.25) is 0 Å². The van der Waals surface area contributed by atoms with Crippen molar-refractivity contribution in [3.05, 3.63) is 0 Å². The number of carbonyl (C=O) groups is 3. The predicted octanol–water partition coefficient (Wildman–Crippen LogP) is 6.17. The fraction of sp³-hybridized carbons (Fsp3) is 0.893. The standard InChI is InChI=1S/C28H44O5/c1-7-27(6,23(31)32-21-10-8-9-20(29)11-21)15-24(2,3)22(30)33-28-14-19-12-25(4,17-28)16-26(5,13-19)18-28/h19,21H,7-18H2,1-6H3. The molecule has 0 N–H and O–H groups in total. The molecule has 0 aromatic carbocycles. The summed E-state index contributed by atoms with van der Waals surface area (Å²) >= 11 is 0. The van der Waals surface area contributed by atoms with E-state index in [0.717, 1.165) is 32.1 Å². The molecule has 4 bridgehead atoms. The fourth-order valence-electron chi connectivity index (χ4n) is 8.56. The topological polar surface area (TPSA) is 69.7 Å². The van der Waals surface area contributed by atoms with Gasteiger partial charge in [-0.1, -0.05) is 20.8 Å². The highest BCUT2D eigenvalue weighted by Crippen LogP contribution is 2.67. The summed E-state index contributed by atoms with van der Waals surface area (Å²) in [4.78, 5) is 38.6. The summed E-state index contributed by atoms with van der Waals surface area (Å²) in [5.41, 5.74) is -1.38. The molecule has 4 unspecified atom stereocenters. The third-order valence-corrected chi connectivity index (χ3v) is 9.25. The second-order valence-electron chi connectivity index (χ2n) is 13.8. The van der Waals surface area contributed by atoms with Crippen LogP contribution in [0.1, 0.15) is 119 Å². The average Bonchev–Trinajstić information content (AvgIpc) is 2.64. The Hall–Kier alpha value is -1.39. The summed E-state index contributed by atoms with van der Waals surface area (Å²) in [6.07, 6.45) is 9.73. The molecule has 0 aromatic rings. The van der Waals surface area contributed by atoms with E-state index in [-0.39, 0.29) is 40.3 Å². The van der Waals surface area contributed by atoms with Gasteiger partial charge in [0, 0.05) is 12.8 Å². The van der Waals surface area contributed by atoms with Crippen molar-refractivity contribution in [3.63, 3.8) is 0 Å². The lowest BCUT2D eigenvalue weighted by molar-refractivity contribution is -0.223. The van der Waals surface area contributed by atoms with E-state index >= 15 is 0 Å². The van der Waals surface area contributed by atoms with E-state index in [1.807, 2.05) is 27.7 Å². The fourth-order valence-corrected chi connectivity index (χ4v) is 8.56. The Labute approximate surface area is 199 Å². The number of esters is 2. The molecule has 5 nitrogen and oxygen atoms in total. The monoisotopic (exact) mass is 460 g/mol. The number of ether oxygens (including phenoxy) is 2. The maximum absolute atomic E-state index is 13.6. The van der Waals surface area contributed by atoms with Crippen molar-refractivity contribution in [1.82, 2.24) is 0 Å². The van der Waals surface area contributed by atoms with Crippen LogP contribution in [0.2, 0.25) is 0 Å². The van der Waals surface area contributed by atoms with Gasteiger partial charge in [-0.2, -0.15) is 0 Å². The van der Waals surface area contributed by atoms with Crippen molar-refractivity contribution in [2.45, 2.75) is 130 Å². The molecule has 5 rings (SSSR count). The maximum Gasteiger partial charge on any atom is 0.312 e. The number of carbonyl (C=O) groups excluding carboxylic acids is 3. The van der Waals surface area contributed by atoms with Crippen molar-refractivity contribution in [2.24, 2.45) is 27.6 Å². The smallest absolute Gasteiger partial charge is 0.312 e. The Balaban J connectivity index is 1.44. The number of ketones is 1. The first-order valence-corrected chi connectivity index (χ1v) is 13.2. The Morgan fingerprint density at radius 1 is 1.00 bits per heavy atom. The van der Waals surface area contributed by atoms with E-state index in [1.165, 1.54) is 19.3 Å². The van der Waals surface area contributed by atoms with Crippen LogP contribution >= 0.6 is 0 Å². The normalized spacial score (nSPS) is 39.8. The summed E-state index contributed by atoms with van der Waals surface area (Å²) < 4.78 is 12.2. The lowest BCUT2D eigenvalue weighted by atomic mass is 9.43. The highest BCUT2D eigenvalue weighted by Gasteiger charge is 2.62. The molecule has 0 amide bonds. The van der Waals surface area contributed by atoms with Gasteiger partial charge in [-0.05, 0) is 102 Å². The second kappa shape index (κ2) is 8.09. The van der Waals surface area contributed by atoms with E-state index in [0.29, 0.717) is 31.6 Å². The van der Waals surface area contributed by atoms with E-state index in [1.54, 1.807) is 0 Å². The number of hydrogen-bond acceptors (Lipinski definition) is 5. The first-order chi connectivity index (χ1) is 15.2. The molecule has 0 aliphatic heterocycles. The minimum Gasteiger partial charge on any atom is -0.461 e. The minimum atomic E-state index is -0.794. The molecule has 0 aromatic heterocycles. The van der Waals surface area contributed by atoms with Crippen LogP contribution < -0.4 is 0 Å². The average molecular weight is 461 g/mol. The molecule has 186 valence electrons. The third-order valence-electron chi connectivity index (χ3n) is 9.25. The SMILES string of the molecule is CCC(C)(CC(C)(C)C(=O)OC12CC3CC(C)(CC(C)(C3)C1)C2)C(=O)OC1CCCC(=O)C1. The molecule has 5 aliphatic rings. The Kier molecular flexibility index (Phi) is 6.06. The molecule has 5 fully saturated rings. The van der Waals surface area contributed by atoms with Crippen molar-refractivity contribution in [3.8, 4) is 0 Å². The molecule has 4 atom stereocenters. The zero-order chi connectivity index (χ0) is 24.3. The van der Waals surface area contributed by atoms with Gasteiger partial charge in [0.05, 0.1) is 10.8 Å². The van der Waals surface area contributed by atoms with Gasteiger partial charge in [-0.15, -0.1) is 0 Å². The molecule has 0 heterocycles. The molecule has 0 saturated heterocycles. The highest BCUT2D eigenvalue weighted by molar-refractivity contribution is 5.82. The van der Waals surface area contributed by atoms with E-state index in [4.69, 9.17) is 9.47 Å². The van der Waals surface area contributed by atoms with Crippen LogP contribution in [-0.4, -0.2) is 29.4 Å². The lowest BCUT2D eigenvalue weighted by Gasteiger charge is -2.64. The minimum absolute atomic E-state index is 0.166. The Bertz CT molecular complexity index is 810. The van der Waals surface area contributed by atoms with Gasteiger partial charge >= 0.3 is 11.9 Å². The van der Waals surface area contributed by atoms with Crippen LogP contribution in [0.3, 0.4) is 0 Å². The molecule has 0 radical (unpaired) electrons. The maximum atomic E-state index is 13.6. The zero-order valence-electron chi connectivity index (χ0n) is 21.7. The second-order valence-corrected chi connectivity index (χ2v) is 13.8. The van der Waals surface area contributed by atoms with Crippen molar-refractivity contribution in [2.75, 3.05) is 0 Å². The van der Waals surface area contributed by atoms with Gasteiger partial charge in [-0.3, -0.25) is 14.4 Å². The number of hydrogen-bond donors (Lipinski definition) is 0.